The van der Waals surface area contributed by atoms with Crippen LogP contribution in [0.2, 0.25) is 0 Å². The van der Waals surface area contributed by atoms with Gasteiger partial charge in [0.25, 0.3) is 5.91 Å². The maximum Gasteiger partial charge on any atom is 0.276 e. The van der Waals surface area contributed by atoms with E-state index in [1.54, 1.807) is 11.0 Å². The zero-order chi connectivity index (χ0) is 14.1. The molecule has 1 aliphatic rings. The molecular formula is C16H16N2O2. The van der Waals surface area contributed by atoms with E-state index in [9.17, 15) is 9.90 Å². The van der Waals surface area contributed by atoms with E-state index in [-0.39, 0.29) is 23.4 Å². The fourth-order valence-corrected chi connectivity index (χ4v) is 2.65. The van der Waals surface area contributed by atoms with E-state index in [4.69, 9.17) is 0 Å². The highest BCUT2D eigenvalue weighted by Gasteiger charge is 2.29. The molecule has 3 rings (SSSR count). The molecule has 1 aliphatic heterocycles. The highest BCUT2D eigenvalue weighted by atomic mass is 16.3. The van der Waals surface area contributed by atoms with Crippen LogP contribution in [-0.4, -0.2) is 26.9 Å². The number of fused-ring (bicyclic) bond motifs is 1. The molecule has 1 aromatic heterocycles. The standard InChI is InChI=1S/C16H16N2O2/c1-11-9-12-5-2-3-6-13(12)10-18(11)16(20)15-14(19)7-4-8-17-15/h2-8,11,19H,9-10H2,1H3/t11-/m1/s1. The summed E-state index contributed by atoms with van der Waals surface area (Å²) < 4.78 is 0. The van der Waals surface area contributed by atoms with Crippen LogP contribution in [0.25, 0.3) is 0 Å². The zero-order valence-electron chi connectivity index (χ0n) is 11.3. The minimum Gasteiger partial charge on any atom is -0.505 e. The van der Waals surface area contributed by atoms with Crippen molar-refractivity contribution in [2.75, 3.05) is 0 Å². The number of pyridine rings is 1. The van der Waals surface area contributed by atoms with Crippen LogP contribution in [0.4, 0.5) is 0 Å². The average Bonchev–Trinajstić information content (AvgIpc) is 2.46. The van der Waals surface area contributed by atoms with Gasteiger partial charge >= 0.3 is 0 Å². The molecular weight excluding hydrogens is 252 g/mol. The third kappa shape index (κ3) is 2.13. The molecule has 4 heteroatoms. The number of carbonyl (C=O) groups is 1. The first-order valence-electron chi connectivity index (χ1n) is 6.68. The van der Waals surface area contributed by atoms with Gasteiger partial charge in [0, 0.05) is 18.8 Å². The van der Waals surface area contributed by atoms with Crippen molar-refractivity contribution in [3.05, 3.63) is 59.4 Å². The first-order chi connectivity index (χ1) is 9.66. The van der Waals surface area contributed by atoms with Gasteiger partial charge in [-0.15, -0.1) is 0 Å². The Bertz CT molecular complexity index is 654. The van der Waals surface area contributed by atoms with Crippen LogP contribution in [0.3, 0.4) is 0 Å². The lowest BCUT2D eigenvalue weighted by molar-refractivity contribution is 0.0648. The van der Waals surface area contributed by atoms with Gasteiger partial charge in [-0.1, -0.05) is 24.3 Å². The van der Waals surface area contributed by atoms with Crippen molar-refractivity contribution in [1.29, 1.82) is 0 Å². The molecule has 1 amide bonds. The molecule has 102 valence electrons. The third-order valence-corrected chi connectivity index (χ3v) is 3.76. The summed E-state index contributed by atoms with van der Waals surface area (Å²) in [6.07, 6.45) is 2.35. The molecule has 0 bridgehead atoms. The van der Waals surface area contributed by atoms with Gasteiger partial charge in [-0.05, 0) is 36.6 Å². The number of nitrogens with zero attached hydrogens (tertiary/aromatic N) is 2. The summed E-state index contributed by atoms with van der Waals surface area (Å²) in [5, 5.41) is 9.78. The average molecular weight is 268 g/mol. The Morgan fingerprint density at radius 2 is 2.00 bits per heavy atom. The Morgan fingerprint density at radius 1 is 1.25 bits per heavy atom. The minimum atomic E-state index is -0.217. The van der Waals surface area contributed by atoms with E-state index < -0.39 is 0 Å². The number of aromatic hydroxyl groups is 1. The fraction of sp³-hybridized carbons (Fsp3) is 0.250. The predicted molar refractivity (Wildman–Crippen MR) is 75.4 cm³/mol. The van der Waals surface area contributed by atoms with Gasteiger partial charge in [-0.3, -0.25) is 4.79 Å². The van der Waals surface area contributed by atoms with E-state index in [1.807, 2.05) is 25.1 Å². The lowest BCUT2D eigenvalue weighted by Crippen LogP contribution is -2.42. The van der Waals surface area contributed by atoms with Crippen molar-refractivity contribution < 1.29 is 9.90 Å². The molecule has 2 heterocycles. The van der Waals surface area contributed by atoms with Crippen molar-refractivity contribution in [2.45, 2.75) is 25.9 Å². The molecule has 0 spiro atoms. The summed E-state index contributed by atoms with van der Waals surface area (Å²) in [6, 6.07) is 11.3. The van der Waals surface area contributed by atoms with Gasteiger partial charge < -0.3 is 10.0 Å². The van der Waals surface area contributed by atoms with E-state index in [2.05, 4.69) is 11.1 Å². The van der Waals surface area contributed by atoms with Crippen LogP contribution in [0.1, 0.15) is 28.5 Å². The number of carbonyl (C=O) groups excluding carboxylic acids is 1. The number of amides is 1. The van der Waals surface area contributed by atoms with Crippen molar-refractivity contribution >= 4 is 5.91 Å². The van der Waals surface area contributed by atoms with Crippen LogP contribution >= 0.6 is 0 Å². The number of aromatic nitrogens is 1. The van der Waals surface area contributed by atoms with Crippen molar-refractivity contribution in [3.63, 3.8) is 0 Å². The molecule has 2 aromatic rings. The molecule has 4 nitrogen and oxygen atoms in total. The van der Waals surface area contributed by atoms with Crippen molar-refractivity contribution in [2.24, 2.45) is 0 Å². The molecule has 1 N–H and O–H groups in total. The Kier molecular flexibility index (Phi) is 3.14. The molecule has 1 atom stereocenters. The van der Waals surface area contributed by atoms with Gasteiger partial charge in [0.15, 0.2) is 5.69 Å². The van der Waals surface area contributed by atoms with Crippen LogP contribution in [-0.2, 0) is 13.0 Å². The second kappa shape index (κ2) is 4.96. The summed E-state index contributed by atoms with van der Waals surface area (Å²) in [7, 11) is 0. The number of hydrogen-bond donors (Lipinski definition) is 1. The lowest BCUT2D eigenvalue weighted by atomic mass is 9.94. The van der Waals surface area contributed by atoms with Gasteiger partial charge in [-0.2, -0.15) is 0 Å². The maximum atomic E-state index is 12.5. The van der Waals surface area contributed by atoms with E-state index in [1.165, 1.54) is 17.8 Å². The Morgan fingerprint density at radius 3 is 2.75 bits per heavy atom. The summed E-state index contributed by atoms with van der Waals surface area (Å²) in [4.78, 5) is 18.3. The molecule has 0 saturated carbocycles. The largest absolute Gasteiger partial charge is 0.505 e. The summed E-state index contributed by atoms with van der Waals surface area (Å²) >= 11 is 0. The molecule has 0 fully saturated rings. The second-order valence-corrected chi connectivity index (χ2v) is 5.13. The summed E-state index contributed by atoms with van der Waals surface area (Å²) in [5.41, 5.74) is 2.57. The monoisotopic (exact) mass is 268 g/mol. The maximum absolute atomic E-state index is 12.5. The third-order valence-electron chi connectivity index (χ3n) is 3.76. The van der Waals surface area contributed by atoms with E-state index >= 15 is 0 Å². The number of hydrogen-bond acceptors (Lipinski definition) is 3. The van der Waals surface area contributed by atoms with Gasteiger partial charge in [0.05, 0.1) is 0 Å². The van der Waals surface area contributed by atoms with Gasteiger partial charge in [0.1, 0.15) is 5.75 Å². The second-order valence-electron chi connectivity index (χ2n) is 5.13. The van der Waals surface area contributed by atoms with Crippen molar-refractivity contribution in [3.8, 4) is 5.75 Å². The SMILES string of the molecule is C[C@@H]1Cc2ccccc2CN1C(=O)c1ncccc1O. The molecule has 0 aliphatic carbocycles. The Balaban J connectivity index is 1.92. The smallest absolute Gasteiger partial charge is 0.276 e. The van der Waals surface area contributed by atoms with E-state index in [0.29, 0.717) is 6.54 Å². The minimum absolute atomic E-state index is 0.0661. The Hall–Kier alpha value is -2.36. The first kappa shape index (κ1) is 12.7. The number of rotatable bonds is 1. The predicted octanol–water partition coefficient (Wildman–Crippen LogP) is 2.37. The van der Waals surface area contributed by atoms with E-state index in [0.717, 1.165) is 12.0 Å². The van der Waals surface area contributed by atoms with Crippen LogP contribution in [0.5, 0.6) is 5.75 Å². The highest BCUT2D eigenvalue weighted by Crippen LogP contribution is 2.26. The molecule has 20 heavy (non-hydrogen) atoms. The van der Waals surface area contributed by atoms with Crippen LogP contribution in [0, 0.1) is 0 Å². The molecule has 0 saturated heterocycles. The first-order valence-corrected chi connectivity index (χ1v) is 6.68. The van der Waals surface area contributed by atoms with Gasteiger partial charge in [0.2, 0.25) is 0 Å². The fourth-order valence-electron chi connectivity index (χ4n) is 2.65. The van der Waals surface area contributed by atoms with Crippen LogP contribution < -0.4 is 0 Å². The Labute approximate surface area is 117 Å². The molecule has 1 aromatic carbocycles. The highest BCUT2D eigenvalue weighted by molar-refractivity contribution is 5.95. The van der Waals surface area contributed by atoms with Crippen LogP contribution in [0.15, 0.2) is 42.6 Å². The number of benzene rings is 1. The van der Waals surface area contributed by atoms with Gasteiger partial charge in [-0.25, -0.2) is 4.98 Å². The van der Waals surface area contributed by atoms with Crippen molar-refractivity contribution in [1.82, 2.24) is 9.88 Å². The summed E-state index contributed by atoms with van der Waals surface area (Å²) in [6.45, 7) is 2.58. The quantitative estimate of drug-likeness (QED) is 0.864. The summed E-state index contributed by atoms with van der Waals surface area (Å²) in [5.74, 6) is -0.284. The lowest BCUT2D eigenvalue weighted by Gasteiger charge is -2.34. The molecule has 0 radical (unpaired) electrons. The zero-order valence-corrected chi connectivity index (χ0v) is 11.3. The molecule has 0 unspecified atom stereocenters. The topological polar surface area (TPSA) is 53.4 Å². The normalized spacial score (nSPS) is 17.6.